The first-order valence-corrected chi connectivity index (χ1v) is 7.61. The molecular formula is C12H20N2O3S. The second-order valence-corrected chi connectivity index (χ2v) is 7.06. The van der Waals surface area contributed by atoms with Crippen LogP contribution in [0.4, 0.5) is 0 Å². The molecular weight excluding hydrogens is 252 g/mol. The molecule has 0 amide bonds. The molecule has 1 heterocycles. The fourth-order valence-electron chi connectivity index (χ4n) is 2.19. The van der Waals surface area contributed by atoms with E-state index in [-0.39, 0.29) is 11.5 Å². The number of aliphatic hydroxyl groups excluding tert-OH is 1. The van der Waals surface area contributed by atoms with Gasteiger partial charge in [-0.3, -0.25) is 0 Å². The lowest BCUT2D eigenvalue weighted by atomic mass is 9.86. The number of hydrogen-bond donors (Lipinski definition) is 1. The van der Waals surface area contributed by atoms with E-state index in [0.29, 0.717) is 18.2 Å². The molecule has 6 heteroatoms. The summed E-state index contributed by atoms with van der Waals surface area (Å²) in [5.41, 5.74) is 0.602. The second kappa shape index (κ2) is 5.03. The predicted octanol–water partition coefficient (Wildman–Crippen LogP) is 0.938. The van der Waals surface area contributed by atoms with Gasteiger partial charge in [-0.15, -0.1) is 0 Å². The number of rotatable bonds is 5. The molecule has 0 aromatic carbocycles. The summed E-state index contributed by atoms with van der Waals surface area (Å²) in [7, 11) is -0.0637. The summed E-state index contributed by atoms with van der Waals surface area (Å²) >= 11 is 0. The standard InChI is InChI=1S/C12H20N2O3S/c1-13-8-12(6-11(13)9-15)18(16,17)14(2)7-10-4-3-5-10/h6,8,10,15H,3-5,7,9H2,1-2H3. The quantitative estimate of drug-likeness (QED) is 0.867. The Morgan fingerprint density at radius 3 is 2.61 bits per heavy atom. The molecule has 0 spiro atoms. The van der Waals surface area contributed by atoms with Crippen LogP contribution in [-0.2, 0) is 23.7 Å². The maximum absolute atomic E-state index is 12.3. The van der Waals surface area contributed by atoms with E-state index < -0.39 is 10.0 Å². The number of nitrogens with zero attached hydrogens (tertiary/aromatic N) is 2. The number of aliphatic hydroxyl groups is 1. The molecule has 1 saturated carbocycles. The smallest absolute Gasteiger partial charge is 0.244 e. The normalized spacial score (nSPS) is 17.1. The Morgan fingerprint density at radius 1 is 1.50 bits per heavy atom. The summed E-state index contributed by atoms with van der Waals surface area (Å²) < 4.78 is 27.7. The van der Waals surface area contributed by atoms with Crippen molar-refractivity contribution in [1.29, 1.82) is 0 Å². The van der Waals surface area contributed by atoms with Gasteiger partial charge in [0, 0.05) is 32.5 Å². The van der Waals surface area contributed by atoms with Crippen molar-refractivity contribution < 1.29 is 13.5 Å². The van der Waals surface area contributed by atoms with E-state index in [0.717, 1.165) is 12.8 Å². The van der Waals surface area contributed by atoms with Crippen molar-refractivity contribution in [2.75, 3.05) is 13.6 Å². The van der Waals surface area contributed by atoms with Gasteiger partial charge in [0.05, 0.1) is 6.61 Å². The molecule has 0 unspecified atom stereocenters. The molecule has 2 rings (SSSR count). The van der Waals surface area contributed by atoms with E-state index >= 15 is 0 Å². The van der Waals surface area contributed by atoms with Gasteiger partial charge in [-0.2, -0.15) is 0 Å². The van der Waals surface area contributed by atoms with Gasteiger partial charge >= 0.3 is 0 Å². The molecule has 18 heavy (non-hydrogen) atoms. The minimum absolute atomic E-state index is 0.154. The summed E-state index contributed by atoms with van der Waals surface area (Å²) in [6.07, 6.45) is 5.00. The van der Waals surface area contributed by atoms with E-state index in [4.69, 9.17) is 5.11 Å². The molecule has 0 radical (unpaired) electrons. The monoisotopic (exact) mass is 272 g/mol. The van der Waals surface area contributed by atoms with Crippen molar-refractivity contribution in [2.24, 2.45) is 13.0 Å². The topological polar surface area (TPSA) is 62.5 Å². The number of aromatic nitrogens is 1. The van der Waals surface area contributed by atoms with E-state index in [1.54, 1.807) is 24.9 Å². The van der Waals surface area contributed by atoms with Crippen LogP contribution >= 0.6 is 0 Å². The summed E-state index contributed by atoms with van der Waals surface area (Å²) in [4.78, 5) is 0.260. The molecule has 1 aromatic rings. The van der Waals surface area contributed by atoms with Gasteiger partial charge in [-0.25, -0.2) is 12.7 Å². The minimum Gasteiger partial charge on any atom is -0.390 e. The van der Waals surface area contributed by atoms with Crippen molar-refractivity contribution in [3.8, 4) is 0 Å². The molecule has 1 aromatic heterocycles. The van der Waals surface area contributed by atoms with Gasteiger partial charge in [-0.1, -0.05) is 6.42 Å². The highest BCUT2D eigenvalue weighted by Crippen LogP contribution is 2.28. The molecule has 102 valence electrons. The Bertz CT molecular complexity index is 517. The third kappa shape index (κ3) is 2.46. The van der Waals surface area contributed by atoms with Gasteiger partial charge in [0.15, 0.2) is 0 Å². The highest BCUT2D eigenvalue weighted by Gasteiger charge is 2.27. The number of sulfonamides is 1. The van der Waals surface area contributed by atoms with Crippen molar-refractivity contribution in [1.82, 2.24) is 8.87 Å². The molecule has 1 N–H and O–H groups in total. The van der Waals surface area contributed by atoms with E-state index in [9.17, 15) is 8.42 Å². The van der Waals surface area contributed by atoms with Crippen LogP contribution in [0.1, 0.15) is 25.0 Å². The Hall–Kier alpha value is -0.850. The van der Waals surface area contributed by atoms with Crippen molar-refractivity contribution in [3.05, 3.63) is 18.0 Å². The Labute approximate surface area is 108 Å². The Kier molecular flexibility index (Phi) is 3.79. The van der Waals surface area contributed by atoms with E-state index in [2.05, 4.69) is 0 Å². The van der Waals surface area contributed by atoms with Crippen molar-refractivity contribution in [2.45, 2.75) is 30.8 Å². The third-order valence-corrected chi connectivity index (χ3v) is 5.48. The summed E-state index contributed by atoms with van der Waals surface area (Å²) in [5, 5.41) is 9.10. The van der Waals surface area contributed by atoms with Crippen LogP contribution in [0.5, 0.6) is 0 Å². The molecule has 0 saturated heterocycles. The average molecular weight is 272 g/mol. The maximum atomic E-state index is 12.3. The first-order chi connectivity index (χ1) is 8.45. The van der Waals surface area contributed by atoms with Crippen LogP contribution in [0.3, 0.4) is 0 Å². The zero-order valence-corrected chi connectivity index (χ0v) is 11.7. The molecule has 1 aliphatic rings. The van der Waals surface area contributed by atoms with Crippen molar-refractivity contribution in [3.63, 3.8) is 0 Å². The van der Waals surface area contributed by atoms with Crippen LogP contribution in [0, 0.1) is 5.92 Å². The Balaban J connectivity index is 2.17. The molecule has 0 bridgehead atoms. The van der Waals surface area contributed by atoms with Crippen molar-refractivity contribution >= 4 is 10.0 Å². The van der Waals surface area contributed by atoms with Crippen LogP contribution in [0.25, 0.3) is 0 Å². The van der Waals surface area contributed by atoms with Crippen LogP contribution in [-0.4, -0.2) is 36.0 Å². The third-order valence-electron chi connectivity index (χ3n) is 3.69. The SMILES string of the molecule is CN(CC1CCC1)S(=O)(=O)c1cc(CO)n(C)c1. The highest BCUT2D eigenvalue weighted by atomic mass is 32.2. The second-order valence-electron chi connectivity index (χ2n) is 5.02. The van der Waals surface area contributed by atoms with Crippen LogP contribution in [0.2, 0.25) is 0 Å². The minimum atomic E-state index is -3.42. The average Bonchev–Trinajstić information content (AvgIpc) is 2.65. The van der Waals surface area contributed by atoms with E-state index in [1.807, 2.05) is 0 Å². The zero-order valence-electron chi connectivity index (χ0n) is 10.8. The maximum Gasteiger partial charge on any atom is 0.244 e. The van der Waals surface area contributed by atoms with Gasteiger partial charge < -0.3 is 9.67 Å². The van der Waals surface area contributed by atoms with E-state index in [1.165, 1.54) is 16.8 Å². The lowest BCUT2D eigenvalue weighted by molar-refractivity contribution is 0.263. The highest BCUT2D eigenvalue weighted by molar-refractivity contribution is 7.89. The first kappa shape index (κ1) is 13.6. The summed E-state index contributed by atoms with van der Waals surface area (Å²) in [6.45, 7) is 0.435. The lowest BCUT2D eigenvalue weighted by Gasteiger charge is -2.29. The van der Waals surface area contributed by atoms with Gasteiger partial charge in [-0.05, 0) is 24.8 Å². The van der Waals surface area contributed by atoms with Gasteiger partial charge in [0.2, 0.25) is 10.0 Å². The zero-order chi connectivity index (χ0) is 13.3. The fourth-order valence-corrected chi connectivity index (χ4v) is 3.54. The Morgan fingerprint density at radius 2 is 2.17 bits per heavy atom. The lowest BCUT2D eigenvalue weighted by Crippen LogP contribution is -2.34. The molecule has 5 nitrogen and oxygen atoms in total. The van der Waals surface area contributed by atoms with Gasteiger partial charge in [0.1, 0.15) is 4.90 Å². The fraction of sp³-hybridized carbons (Fsp3) is 0.667. The molecule has 0 atom stereocenters. The molecule has 0 aliphatic heterocycles. The largest absolute Gasteiger partial charge is 0.390 e. The number of hydrogen-bond acceptors (Lipinski definition) is 3. The van der Waals surface area contributed by atoms with Crippen LogP contribution in [0.15, 0.2) is 17.2 Å². The summed E-state index contributed by atoms with van der Waals surface area (Å²) in [6, 6.07) is 1.53. The number of aryl methyl sites for hydroxylation is 1. The van der Waals surface area contributed by atoms with Gasteiger partial charge in [0.25, 0.3) is 0 Å². The van der Waals surface area contributed by atoms with Crippen LogP contribution < -0.4 is 0 Å². The molecule has 1 fully saturated rings. The predicted molar refractivity (Wildman–Crippen MR) is 68.5 cm³/mol. The molecule has 1 aliphatic carbocycles. The first-order valence-electron chi connectivity index (χ1n) is 6.17. The summed E-state index contributed by atoms with van der Waals surface area (Å²) in [5.74, 6) is 0.505.